The zero-order valence-electron chi connectivity index (χ0n) is 37.3. The molecule has 0 aromatic carbocycles. The fourth-order valence-corrected chi connectivity index (χ4v) is 5.92. The third kappa shape index (κ3) is 43.5. The summed E-state index contributed by atoms with van der Waals surface area (Å²) in [5.74, 6) is -1.00. The van der Waals surface area contributed by atoms with Crippen molar-refractivity contribution in [2.24, 2.45) is 0 Å². The van der Waals surface area contributed by atoms with E-state index in [0.29, 0.717) is 19.3 Å². The minimum absolute atomic E-state index is 0.108. The van der Waals surface area contributed by atoms with Crippen molar-refractivity contribution in [2.75, 3.05) is 13.2 Å². The van der Waals surface area contributed by atoms with Crippen molar-refractivity contribution >= 4 is 17.9 Å². The summed E-state index contributed by atoms with van der Waals surface area (Å²) in [5.41, 5.74) is 0. The normalized spacial score (nSPS) is 12.9. The molecule has 6 nitrogen and oxygen atoms in total. The lowest BCUT2D eigenvalue weighted by atomic mass is 10.1. The molecule has 0 aromatic heterocycles. The molecule has 0 saturated heterocycles. The van der Waals surface area contributed by atoms with Gasteiger partial charge in [0.15, 0.2) is 6.10 Å². The van der Waals surface area contributed by atoms with Gasteiger partial charge < -0.3 is 14.2 Å². The first kappa shape index (κ1) is 54.3. The van der Waals surface area contributed by atoms with Gasteiger partial charge in [-0.1, -0.05) is 163 Å². The highest BCUT2D eigenvalue weighted by Crippen LogP contribution is 2.13. The van der Waals surface area contributed by atoms with Gasteiger partial charge in [0.05, 0.1) is 0 Å². The Bertz CT molecular complexity index is 1200. The van der Waals surface area contributed by atoms with Crippen molar-refractivity contribution in [3.8, 4) is 0 Å². The predicted octanol–water partition coefficient (Wildman–Crippen LogP) is 15.0. The first-order valence-electron chi connectivity index (χ1n) is 23.2. The van der Waals surface area contributed by atoms with E-state index in [4.69, 9.17) is 14.2 Å². The molecule has 0 N–H and O–H groups in total. The zero-order valence-corrected chi connectivity index (χ0v) is 37.3. The van der Waals surface area contributed by atoms with Crippen LogP contribution in [0.1, 0.15) is 194 Å². The molecule has 58 heavy (non-hydrogen) atoms. The average Bonchev–Trinajstić information content (AvgIpc) is 3.22. The van der Waals surface area contributed by atoms with E-state index in [1.807, 2.05) is 0 Å². The number of hydrogen-bond acceptors (Lipinski definition) is 6. The van der Waals surface area contributed by atoms with Crippen LogP contribution in [0.5, 0.6) is 0 Å². The highest BCUT2D eigenvalue weighted by Gasteiger charge is 2.19. The molecule has 0 amide bonds. The topological polar surface area (TPSA) is 78.9 Å². The SMILES string of the molecule is CC/C=C\C/C=C\C/C=C\CCCCCCCCCCCC(=O)OCC(COC(=O)CCCC/C=C\C/C=C\CC)OC(=O)CCCC/C=C\C/C=C\C/C=C\CC. The number of ether oxygens (including phenoxy) is 3. The van der Waals surface area contributed by atoms with Crippen molar-refractivity contribution in [3.05, 3.63) is 97.2 Å². The highest BCUT2D eigenvalue weighted by atomic mass is 16.6. The second-order valence-electron chi connectivity index (χ2n) is 14.9. The van der Waals surface area contributed by atoms with E-state index in [1.54, 1.807) is 0 Å². The minimum Gasteiger partial charge on any atom is -0.462 e. The van der Waals surface area contributed by atoms with Crippen LogP contribution in [0.3, 0.4) is 0 Å². The molecule has 0 spiro atoms. The van der Waals surface area contributed by atoms with Crippen LogP contribution >= 0.6 is 0 Å². The Morgan fingerprint density at radius 3 is 1.00 bits per heavy atom. The van der Waals surface area contributed by atoms with Crippen LogP contribution in [-0.2, 0) is 28.6 Å². The van der Waals surface area contributed by atoms with Gasteiger partial charge in [-0.3, -0.25) is 14.4 Å². The molecular weight excluding hydrogens is 721 g/mol. The molecule has 0 fully saturated rings. The monoisotopic (exact) mass is 805 g/mol. The van der Waals surface area contributed by atoms with E-state index >= 15 is 0 Å². The van der Waals surface area contributed by atoms with Crippen LogP contribution < -0.4 is 0 Å². The summed E-state index contributed by atoms with van der Waals surface area (Å²) >= 11 is 0. The molecule has 0 rings (SSSR count). The summed E-state index contributed by atoms with van der Waals surface area (Å²) in [6, 6.07) is 0. The maximum absolute atomic E-state index is 12.7. The number of hydrogen-bond donors (Lipinski definition) is 0. The molecule has 1 atom stereocenters. The number of allylic oxidation sites excluding steroid dienone is 16. The Balaban J connectivity index is 4.38. The van der Waals surface area contributed by atoms with Crippen molar-refractivity contribution in [1.29, 1.82) is 0 Å². The Hall–Kier alpha value is -3.67. The molecule has 1 unspecified atom stereocenters. The van der Waals surface area contributed by atoms with Crippen LogP contribution in [-0.4, -0.2) is 37.2 Å². The molecule has 328 valence electrons. The van der Waals surface area contributed by atoms with E-state index < -0.39 is 6.10 Å². The van der Waals surface area contributed by atoms with Crippen molar-refractivity contribution in [1.82, 2.24) is 0 Å². The van der Waals surface area contributed by atoms with E-state index in [0.717, 1.165) is 103 Å². The third-order valence-electron chi connectivity index (χ3n) is 9.31. The molecule has 0 aliphatic heterocycles. The van der Waals surface area contributed by atoms with E-state index in [1.165, 1.54) is 44.9 Å². The first-order chi connectivity index (χ1) is 28.5. The standard InChI is InChI=1S/C52H84O6/c1-4-7-10-13-16-19-21-23-24-25-26-27-28-29-31-33-36-39-42-45-51(54)57-48-49(47-56-50(53)44-41-38-35-32-18-15-12-9-6-3)58-52(55)46-43-40-37-34-30-22-20-17-14-11-8-5-2/h7-12,16-20,23-24,30,32,34,49H,4-6,13-15,21-22,25-29,31,33,35-48H2,1-3H3/b10-7-,11-8-,12-9-,19-16-,20-17-,24-23-,32-18-,34-30-. The lowest BCUT2D eigenvalue weighted by molar-refractivity contribution is -0.167. The van der Waals surface area contributed by atoms with Gasteiger partial charge in [-0.15, -0.1) is 0 Å². The Morgan fingerprint density at radius 2 is 0.621 bits per heavy atom. The van der Waals surface area contributed by atoms with Crippen molar-refractivity contribution in [2.45, 2.75) is 200 Å². The molecule has 0 aromatic rings. The second kappa shape index (κ2) is 46.0. The van der Waals surface area contributed by atoms with Crippen molar-refractivity contribution < 1.29 is 28.6 Å². The number of rotatable bonds is 40. The molecule has 0 aliphatic carbocycles. The zero-order chi connectivity index (χ0) is 42.3. The van der Waals surface area contributed by atoms with Crippen LogP contribution in [0.15, 0.2) is 97.2 Å². The molecular formula is C52H84O6. The van der Waals surface area contributed by atoms with Gasteiger partial charge in [0, 0.05) is 19.3 Å². The number of esters is 3. The summed E-state index contributed by atoms with van der Waals surface area (Å²) in [5, 5.41) is 0. The predicted molar refractivity (Wildman–Crippen MR) is 247 cm³/mol. The summed E-state index contributed by atoms with van der Waals surface area (Å²) in [6.45, 7) is 6.19. The second-order valence-corrected chi connectivity index (χ2v) is 14.9. The fraction of sp³-hybridized carbons (Fsp3) is 0.635. The number of carbonyl (C=O) groups excluding carboxylic acids is 3. The highest BCUT2D eigenvalue weighted by molar-refractivity contribution is 5.71. The minimum atomic E-state index is -0.811. The lowest BCUT2D eigenvalue weighted by Gasteiger charge is -2.18. The molecule has 0 saturated carbocycles. The largest absolute Gasteiger partial charge is 0.462 e. The quantitative estimate of drug-likeness (QED) is 0.0266. The van der Waals surface area contributed by atoms with Gasteiger partial charge in [-0.2, -0.15) is 0 Å². The fourth-order valence-electron chi connectivity index (χ4n) is 5.92. The average molecular weight is 805 g/mol. The Morgan fingerprint density at radius 1 is 0.345 bits per heavy atom. The van der Waals surface area contributed by atoms with Crippen molar-refractivity contribution in [3.63, 3.8) is 0 Å². The molecule has 0 radical (unpaired) electrons. The smallest absolute Gasteiger partial charge is 0.306 e. The number of carbonyl (C=O) groups is 3. The van der Waals surface area contributed by atoms with Crippen LogP contribution in [0, 0.1) is 0 Å². The van der Waals surface area contributed by atoms with Gasteiger partial charge in [0.25, 0.3) is 0 Å². The first-order valence-corrected chi connectivity index (χ1v) is 23.2. The van der Waals surface area contributed by atoms with E-state index in [9.17, 15) is 14.4 Å². The maximum Gasteiger partial charge on any atom is 0.306 e. The summed E-state index contributed by atoms with van der Waals surface area (Å²) in [7, 11) is 0. The van der Waals surface area contributed by atoms with Gasteiger partial charge in [0.1, 0.15) is 13.2 Å². The van der Waals surface area contributed by atoms with Crippen LogP contribution in [0.2, 0.25) is 0 Å². The van der Waals surface area contributed by atoms with E-state index in [2.05, 4.69) is 118 Å². The lowest BCUT2D eigenvalue weighted by Crippen LogP contribution is -2.30. The van der Waals surface area contributed by atoms with Gasteiger partial charge in [0.2, 0.25) is 0 Å². The number of unbranched alkanes of at least 4 members (excludes halogenated alkanes) is 13. The summed E-state index contributed by atoms with van der Waals surface area (Å²) in [6.07, 6.45) is 59.8. The van der Waals surface area contributed by atoms with Crippen LogP contribution in [0.4, 0.5) is 0 Å². The molecule has 0 bridgehead atoms. The molecule has 0 aliphatic rings. The Labute approximate surface area is 356 Å². The van der Waals surface area contributed by atoms with Gasteiger partial charge in [-0.25, -0.2) is 0 Å². The Kier molecular flexibility index (Phi) is 43.1. The third-order valence-corrected chi connectivity index (χ3v) is 9.31. The van der Waals surface area contributed by atoms with Crippen LogP contribution in [0.25, 0.3) is 0 Å². The van der Waals surface area contributed by atoms with Gasteiger partial charge >= 0.3 is 17.9 Å². The summed E-state index contributed by atoms with van der Waals surface area (Å²) in [4.78, 5) is 37.7. The van der Waals surface area contributed by atoms with Gasteiger partial charge in [-0.05, 0) is 109 Å². The van der Waals surface area contributed by atoms with E-state index in [-0.39, 0.29) is 37.5 Å². The molecule has 0 heterocycles. The maximum atomic E-state index is 12.7. The summed E-state index contributed by atoms with van der Waals surface area (Å²) < 4.78 is 16.6. The molecule has 6 heteroatoms.